The van der Waals surface area contributed by atoms with Crippen molar-refractivity contribution in [3.63, 3.8) is 0 Å². The van der Waals surface area contributed by atoms with E-state index >= 15 is 0 Å². The van der Waals surface area contributed by atoms with Gasteiger partial charge in [-0.05, 0) is 66.8 Å². The zero-order valence-corrected chi connectivity index (χ0v) is 28.8. The van der Waals surface area contributed by atoms with Crippen molar-refractivity contribution < 1.29 is 38.6 Å². The highest BCUT2D eigenvalue weighted by Gasteiger charge is 2.52. The molecule has 16 heteroatoms. The first-order chi connectivity index (χ1) is 24.0. The predicted octanol–water partition coefficient (Wildman–Crippen LogP) is 1.89. The number of aliphatic carboxylic acids is 1. The van der Waals surface area contributed by atoms with Crippen LogP contribution in [-0.4, -0.2) is 90.5 Å². The molecule has 8 N–H and O–H groups in total. The summed E-state index contributed by atoms with van der Waals surface area (Å²) in [5, 5.41) is 18.0. The third-order valence-electron chi connectivity index (χ3n) is 8.03. The quantitative estimate of drug-likeness (QED) is 0.0541. The number of ether oxygens (including phenoxy) is 2. The number of guanidine groups is 1. The second kappa shape index (κ2) is 18.9. The van der Waals surface area contributed by atoms with E-state index < -0.39 is 47.8 Å². The van der Waals surface area contributed by atoms with Gasteiger partial charge in [-0.1, -0.05) is 42.5 Å². The van der Waals surface area contributed by atoms with Gasteiger partial charge in [0.1, 0.15) is 18.9 Å². The standard InChI is InChI=1S/C35H41N7O8.ClH/c1-49-27-14-8-23(9-15-27)20-28(41-34(48)50-22-24-6-3-2-4-7-24)30(45)35(32(47)42(19-18-39-35)21-29(43)44)16-5-17-38-31(46)25-10-12-26(13-11-25)40-33(36)37;/h2-4,6-15,28,39H,5,16-22H2,1H3,(H,38,46)(H,41,48)(H,43,44)(H4,36,37,40);1H. The lowest BCUT2D eigenvalue weighted by Gasteiger charge is -2.42. The first kappa shape index (κ1) is 39.8. The highest BCUT2D eigenvalue weighted by atomic mass is 35.5. The molecule has 1 fully saturated rings. The van der Waals surface area contributed by atoms with Gasteiger partial charge >= 0.3 is 12.1 Å². The van der Waals surface area contributed by atoms with Crippen molar-refractivity contribution >= 4 is 53.7 Å². The Bertz CT molecular complexity index is 1690. The van der Waals surface area contributed by atoms with Gasteiger partial charge in [-0.25, -0.2) is 9.79 Å². The number of amides is 3. The van der Waals surface area contributed by atoms with Crippen LogP contribution in [0.1, 0.15) is 34.3 Å². The number of piperazine rings is 1. The van der Waals surface area contributed by atoms with Crippen LogP contribution in [0.15, 0.2) is 83.9 Å². The number of ketones is 1. The zero-order valence-electron chi connectivity index (χ0n) is 28.0. The van der Waals surface area contributed by atoms with Crippen molar-refractivity contribution in [2.45, 2.75) is 37.5 Å². The maximum Gasteiger partial charge on any atom is 0.408 e. The van der Waals surface area contributed by atoms with Crippen LogP contribution in [0.4, 0.5) is 10.5 Å². The number of carboxylic acids is 1. The molecule has 51 heavy (non-hydrogen) atoms. The Morgan fingerprint density at radius 2 is 1.69 bits per heavy atom. The summed E-state index contributed by atoms with van der Waals surface area (Å²) in [5.74, 6) is -2.59. The fourth-order valence-electron chi connectivity index (χ4n) is 5.58. The minimum Gasteiger partial charge on any atom is -0.497 e. The highest BCUT2D eigenvalue weighted by Crippen LogP contribution is 2.25. The second-order valence-corrected chi connectivity index (χ2v) is 11.6. The summed E-state index contributed by atoms with van der Waals surface area (Å²) in [7, 11) is 1.52. The van der Waals surface area contributed by atoms with Crippen LogP contribution in [0, 0.1) is 0 Å². The molecule has 0 spiro atoms. The van der Waals surface area contributed by atoms with E-state index in [2.05, 4.69) is 20.9 Å². The summed E-state index contributed by atoms with van der Waals surface area (Å²) < 4.78 is 10.7. The van der Waals surface area contributed by atoms with Crippen molar-refractivity contribution in [3.8, 4) is 5.75 Å². The average molecular weight is 724 g/mol. The molecule has 0 aromatic heterocycles. The number of aliphatic imine (C=N–C) groups is 1. The lowest BCUT2D eigenvalue weighted by molar-refractivity contribution is -0.154. The van der Waals surface area contributed by atoms with Gasteiger partial charge in [0.2, 0.25) is 0 Å². The van der Waals surface area contributed by atoms with Crippen molar-refractivity contribution in [1.82, 2.24) is 20.9 Å². The number of methoxy groups -OCH3 is 1. The molecule has 4 rings (SSSR count). The minimum absolute atomic E-state index is 0. The number of benzene rings is 3. The molecular weight excluding hydrogens is 682 g/mol. The van der Waals surface area contributed by atoms with Crippen LogP contribution >= 0.6 is 12.4 Å². The number of hydrogen-bond acceptors (Lipinski definition) is 9. The Hall–Kier alpha value is -5.67. The third-order valence-corrected chi connectivity index (χ3v) is 8.03. The molecule has 1 aliphatic heterocycles. The number of halogens is 1. The van der Waals surface area contributed by atoms with E-state index in [4.69, 9.17) is 20.9 Å². The van der Waals surface area contributed by atoms with Gasteiger partial charge in [0.05, 0.1) is 18.8 Å². The van der Waals surface area contributed by atoms with Crippen LogP contribution in [0.3, 0.4) is 0 Å². The van der Waals surface area contributed by atoms with Crippen molar-refractivity contribution in [2.75, 3.05) is 33.3 Å². The van der Waals surface area contributed by atoms with Crippen molar-refractivity contribution in [2.24, 2.45) is 16.5 Å². The maximum absolute atomic E-state index is 14.6. The molecule has 0 aliphatic carbocycles. The van der Waals surface area contributed by atoms with E-state index in [1.54, 1.807) is 72.8 Å². The van der Waals surface area contributed by atoms with Gasteiger partial charge < -0.3 is 41.6 Å². The predicted molar refractivity (Wildman–Crippen MR) is 191 cm³/mol. The average Bonchev–Trinajstić information content (AvgIpc) is 3.10. The minimum atomic E-state index is -1.91. The molecule has 15 nitrogen and oxygen atoms in total. The molecule has 1 saturated heterocycles. The Labute approximate surface area is 301 Å². The SMILES string of the molecule is COc1ccc(CC(NC(=O)OCc2ccccc2)C(=O)C2(CCCNC(=O)c3ccc(N=C(N)N)cc3)NCCN(CC(=O)O)C2=O)cc1.Cl. The molecule has 3 aromatic rings. The van der Waals surface area contributed by atoms with Crippen LogP contribution in [0.2, 0.25) is 0 Å². The highest BCUT2D eigenvalue weighted by molar-refractivity contribution is 6.14. The Balaban J connectivity index is 0.00000702. The van der Waals surface area contributed by atoms with Crippen LogP contribution in [0.5, 0.6) is 5.75 Å². The van der Waals surface area contributed by atoms with Crippen LogP contribution in [-0.2, 0) is 32.1 Å². The number of carbonyl (C=O) groups excluding carboxylic acids is 4. The lowest BCUT2D eigenvalue weighted by atomic mass is 9.80. The number of nitrogens with two attached hydrogens (primary N) is 2. The summed E-state index contributed by atoms with van der Waals surface area (Å²) >= 11 is 0. The van der Waals surface area contributed by atoms with Gasteiger partial charge in [-0.15, -0.1) is 12.4 Å². The first-order valence-corrected chi connectivity index (χ1v) is 15.9. The van der Waals surface area contributed by atoms with Gasteiger partial charge in [-0.2, -0.15) is 0 Å². The topological polar surface area (TPSA) is 228 Å². The normalized spacial score (nSPS) is 15.8. The monoisotopic (exact) mass is 723 g/mol. The summed E-state index contributed by atoms with van der Waals surface area (Å²) in [6.07, 6.45) is -0.841. The summed E-state index contributed by atoms with van der Waals surface area (Å²) in [6.45, 7) is -0.415. The Morgan fingerprint density at radius 3 is 2.31 bits per heavy atom. The molecule has 1 heterocycles. The molecule has 0 saturated carbocycles. The van der Waals surface area contributed by atoms with Crippen LogP contribution in [0.25, 0.3) is 0 Å². The summed E-state index contributed by atoms with van der Waals surface area (Å²) in [5.41, 5.74) is 11.1. The molecule has 0 bridgehead atoms. The number of nitrogens with zero attached hydrogens (tertiary/aromatic N) is 2. The maximum atomic E-state index is 14.6. The number of carboxylic acid groups (broad SMARTS) is 1. The van der Waals surface area contributed by atoms with E-state index in [9.17, 15) is 29.1 Å². The van der Waals surface area contributed by atoms with Gasteiger partial charge in [0, 0.05) is 25.2 Å². The molecule has 0 radical (unpaired) electrons. The number of nitrogens with one attached hydrogen (secondary N) is 3. The van der Waals surface area contributed by atoms with Crippen molar-refractivity contribution in [3.05, 3.63) is 95.6 Å². The fraction of sp³-hybridized carbons (Fsp3) is 0.314. The number of carbonyl (C=O) groups is 5. The smallest absolute Gasteiger partial charge is 0.408 e. The Morgan fingerprint density at radius 1 is 1.00 bits per heavy atom. The van der Waals surface area contributed by atoms with Gasteiger partial charge in [0.15, 0.2) is 17.3 Å². The number of Topliss-reactive ketones (excluding diaryl/α,β-unsaturated/α-hetero) is 1. The third kappa shape index (κ3) is 11.2. The fourth-order valence-corrected chi connectivity index (χ4v) is 5.58. The summed E-state index contributed by atoms with van der Waals surface area (Å²) in [6, 6.07) is 20.8. The molecular formula is C35H42ClN7O8. The number of hydrogen-bond donors (Lipinski definition) is 6. The summed E-state index contributed by atoms with van der Waals surface area (Å²) in [4.78, 5) is 71.2. The first-order valence-electron chi connectivity index (χ1n) is 15.9. The van der Waals surface area contributed by atoms with E-state index in [1.807, 2.05) is 6.07 Å². The number of rotatable bonds is 16. The van der Waals surface area contributed by atoms with Crippen molar-refractivity contribution in [1.29, 1.82) is 0 Å². The molecule has 2 unspecified atom stereocenters. The van der Waals surface area contributed by atoms with Gasteiger partial charge in [-0.3, -0.25) is 24.5 Å². The van der Waals surface area contributed by atoms with Gasteiger partial charge in [0.25, 0.3) is 11.8 Å². The second-order valence-electron chi connectivity index (χ2n) is 11.6. The zero-order chi connectivity index (χ0) is 36.1. The molecule has 3 aromatic carbocycles. The van der Waals surface area contributed by atoms with E-state index in [0.717, 1.165) is 10.5 Å². The largest absolute Gasteiger partial charge is 0.497 e. The van der Waals surface area contributed by atoms with Crippen LogP contribution < -0.4 is 32.2 Å². The molecule has 272 valence electrons. The molecule has 2 atom stereocenters. The lowest BCUT2D eigenvalue weighted by Crippen LogP contribution is -2.71. The van der Waals surface area contributed by atoms with E-state index in [-0.39, 0.29) is 63.9 Å². The van der Waals surface area contributed by atoms with E-state index in [1.165, 1.54) is 7.11 Å². The molecule has 1 aliphatic rings. The number of alkyl carbamates (subject to hydrolysis) is 1. The molecule has 3 amide bonds. The van der Waals surface area contributed by atoms with E-state index in [0.29, 0.717) is 22.6 Å². The Kier molecular flexibility index (Phi) is 14.8.